The van der Waals surface area contributed by atoms with E-state index in [1.807, 2.05) is 19.9 Å². The molecule has 4 saturated carbocycles. The van der Waals surface area contributed by atoms with E-state index in [1.165, 1.54) is 49.8 Å². The lowest BCUT2D eigenvalue weighted by Gasteiger charge is -2.61. The molecule has 6 rings (SSSR count). The largest absolute Gasteiger partial charge is 0.463 e. The number of aromatic nitrogens is 2. The van der Waals surface area contributed by atoms with Crippen LogP contribution < -0.4 is 4.84 Å². The van der Waals surface area contributed by atoms with Crippen LogP contribution in [-0.4, -0.2) is 50.2 Å². The van der Waals surface area contributed by atoms with Crippen molar-refractivity contribution in [1.29, 1.82) is 0 Å². The topological polar surface area (TPSA) is 82.9 Å². The van der Waals surface area contributed by atoms with Crippen molar-refractivity contribution in [3.05, 3.63) is 17.5 Å². The predicted octanol–water partition coefficient (Wildman–Crippen LogP) is 8.42. The van der Waals surface area contributed by atoms with E-state index in [2.05, 4.69) is 58.6 Å². The first-order valence-corrected chi connectivity index (χ1v) is 19.3. The number of ether oxygens (including phenoxy) is 1. The van der Waals surface area contributed by atoms with Crippen molar-refractivity contribution in [2.24, 2.45) is 46.3 Å². The molecule has 10 atom stereocenters. The van der Waals surface area contributed by atoms with Gasteiger partial charge in [0.1, 0.15) is 6.10 Å². The summed E-state index contributed by atoms with van der Waals surface area (Å²) < 4.78 is 5.72. The number of aryl methyl sites for hydroxylation is 2. The third-order valence-corrected chi connectivity index (χ3v) is 14.6. The van der Waals surface area contributed by atoms with Gasteiger partial charge in [-0.25, -0.2) is 4.79 Å². The third kappa shape index (κ3) is 6.51. The van der Waals surface area contributed by atoms with E-state index >= 15 is 0 Å². The Morgan fingerprint density at radius 3 is 2.21 bits per heavy atom. The summed E-state index contributed by atoms with van der Waals surface area (Å²) in [5, 5.41) is 6.56. The summed E-state index contributed by atoms with van der Waals surface area (Å²) in [6.07, 6.45) is 14.1. The smallest absolute Gasteiger partial charge is 0.365 e. The first-order chi connectivity index (χ1) is 22.4. The highest BCUT2D eigenvalue weighted by Gasteiger charge is 2.61. The van der Waals surface area contributed by atoms with Crippen molar-refractivity contribution >= 4 is 11.9 Å². The molecule has 270 valence electrons. The first-order valence-electron chi connectivity index (χ1n) is 19.3. The van der Waals surface area contributed by atoms with Gasteiger partial charge in [-0.2, -0.15) is 5.06 Å². The number of hydrogen-bond acceptors (Lipinski definition) is 7. The van der Waals surface area contributed by atoms with E-state index in [9.17, 15) is 9.59 Å². The first kappa shape index (κ1) is 35.9. The number of fused-ring (bicyclic) bond motifs is 5. The minimum Gasteiger partial charge on any atom is -0.463 e. The monoisotopic (exact) mass is 667 g/mol. The van der Waals surface area contributed by atoms with Gasteiger partial charge in [0, 0.05) is 18.0 Å². The molecule has 0 spiro atoms. The van der Waals surface area contributed by atoms with Crippen LogP contribution in [0.4, 0.5) is 0 Å². The molecule has 2 heterocycles. The number of esters is 1. The molecule has 0 aromatic carbocycles. The van der Waals surface area contributed by atoms with Crippen molar-refractivity contribution in [3.8, 4) is 0 Å². The molecule has 8 heteroatoms. The second-order valence-corrected chi connectivity index (χ2v) is 18.7. The van der Waals surface area contributed by atoms with Gasteiger partial charge in [0.2, 0.25) is 0 Å². The molecule has 5 aliphatic rings. The molecule has 5 fully saturated rings. The number of piperidine rings is 1. The van der Waals surface area contributed by atoms with E-state index in [0.29, 0.717) is 29.6 Å². The second-order valence-electron chi connectivity index (χ2n) is 18.7. The molecule has 0 radical (unpaired) electrons. The minimum absolute atomic E-state index is 0.104. The molecule has 0 N–H and O–H groups in total. The predicted molar refractivity (Wildman–Crippen MR) is 187 cm³/mol. The maximum absolute atomic E-state index is 14.1. The highest BCUT2D eigenvalue weighted by Crippen LogP contribution is 2.68. The van der Waals surface area contributed by atoms with Crippen LogP contribution in [0, 0.1) is 60.2 Å². The normalized spacial score (nSPS) is 38.6. The summed E-state index contributed by atoms with van der Waals surface area (Å²) >= 11 is 0. The molecule has 1 unspecified atom stereocenters. The SMILES string of the molecule is CC(=O)O[C@@H]1CC[C@@]2(C)[C@H](CC[C@@H]3[C@@H]2CC[C@]2(C)[C@@H]([C@H](C)CC(ON4C(C)(C)CCCC4(C)C)C(=O)On4nc(C)cc4C)CC[C@@H]32)C1. The van der Waals surface area contributed by atoms with Gasteiger partial charge < -0.3 is 9.57 Å². The average molecular weight is 668 g/mol. The Morgan fingerprint density at radius 1 is 0.896 bits per heavy atom. The van der Waals surface area contributed by atoms with Gasteiger partial charge in [0.25, 0.3) is 0 Å². The van der Waals surface area contributed by atoms with Crippen LogP contribution in [-0.2, 0) is 19.2 Å². The minimum atomic E-state index is -0.707. The van der Waals surface area contributed by atoms with E-state index in [0.717, 1.165) is 61.2 Å². The lowest BCUT2D eigenvalue weighted by Crippen LogP contribution is -2.60. The number of carbonyl (C=O) groups excluding carboxylic acids is 2. The van der Waals surface area contributed by atoms with E-state index < -0.39 is 6.10 Å². The molecular weight excluding hydrogens is 602 g/mol. The van der Waals surface area contributed by atoms with Gasteiger partial charge in [0.05, 0.1) is 11.4 Å². The molecule has 1 aliphatic heterocycles. The van der Waals surface area contributed by atoms with Crippen LogP contribution in [0.5, 0.6) is 0 Å². The maximum Gasteiger partial charge on any atom is 0.365 e. The van der Waals surface area contributed by atoms with E-state index in [1.54, 1.807) is 6.92 Å². The fourth-order valence-electron chi connectivity index (χ4n) is 12.5. The van der Waals surface area contributed by atoms with Crippen LogP contribution >= 0.6 is 0 Å². The molecular formula is C40H65N3O5. The van der Waals surface area contributed by atoms with Crippen molar-refractivity contribution in [2.45, 2.75) is 176 Å². The van der Waals surface area contributed by atoms with Gasteiger partial charge in [-0.3, -0.25) is 9.63 Å². The summed E-state index contributed by atoms with van der Waals surface area (Å²) in [5.41, 5.74) is 1.88. The van der Waals surface area contributed by atoms with Crippen molar-refractivity contribution in [1.82, 2.24) is 15.0 Å². The number of hydrogen-bond donors (Lipinski definition) is 0. The number of carbonyl (C=O) groups is 2. The van der Waals surface area contributed by atoms with Crippen molar-refractivity contribution in [2.75, 3.05) is 0 Å². The standard InChI is InChI=1S/C40H65N3O5/c1-25(22-35(36(45)48-42-27(3)23-26(2)41-42)47-43-37(5,6)18-11-19-38(43,7)8)32-14-15-33-31-13-12-29-24-30(46-28(4)44)16-20-39(29,9)34(31)17-21-40(32,33)10/h23,25,29-35H,11-22,24H2,1-10H3/t25-,29-,30-,31+,32-,33+,34+,35?,39+,40-/m1/s1. The van der Waals surface area contributed by atoms with Crippen LogP contribution in [0.1, 0.15) is 150 Å². The highest BCUT2D eigenvalue weighted by atomic mass is 16.7. The lowest BCUT2D eigenvalue weighted by atomic mass is 9.44. The third-order valence-electron chi connectivity index (χ3n) is 14.6. The zero-order chi connectivity index (χ0) is 34.8. The van der Waals surface area contributed by atoms with Gasteiger partial charge in [0.15, 0.2) is 6.10 Å². The van der Waals surface area contributed by atoms with Crippen LogP contribution in [0.25, 0.3) is 0 Å². The average Bonchev–Trinajstić information content (AvgIpc) is 3.50. The van der Waals surface area contributed by atoms with Gasteiger partial charge >= 0.3 is 11.9 Å². The Labute approximate surface area is 290 Å². The number of nitrogens with zero attached hydrogens (tertiary/aromatic N) is 3. The summed E-state index contributed by atoms with van der Waals surface area (Å²) in [6, 6.07) is 1.93. The van der Waals surface area contributed by atoms with Crippen LogP contribution in [0.15, 0.2) is 6.07 Å². The lowest BCUT2D eigenvalue weighted by molar-refractivity contribution is -0.305. The summed E-state index contributed by atoms with van der Waals surface area (Å²) in [5.74, 6) is 3.29. The maximum atomic E-state index is 14.1. The zero-order valence-electron chi connectivity index (χ0n) is 31.8. The van der Waals surface area contributed by atoms with Gasteiger partial charge in [-0.1, -0.05) is 25.6 Å². The molecule has 4 aliphatic carbocycles. The number of rotatable bonds is 8. The number of hydroxylamine groups is 2. The van der Waals surface area contributed by atoms with Crippen LogP contribution in [0.3, 0.4) is 0 Å². The molecule has 0 amide bonds. The van der Waals surface area contributed by atoms with Crippen LogP contribution in [0.2, 0.25) is 0 Å². The summed E-state index contributed by atoms with van der Waals surface area (Å²) in [6.45, 7) is 21.9. The quantitative estimate of drug-likeness (QED) is 0.258. The second kappa shape index (κ2) is 13.0. The molecule has 48 heavy (non-hydrogen) atoms. The van der Waals surface area contributed by atoms with Crippen molar-refractivity contribution in [3.63, 3.8) is 0 Å². The Balaban J connectivity index is 1.19. The molecule has 0 bridgehead atoms. The molecule has 1 aromatic heterocycles. The zero-order valence-corrected chi connectivity index (χ0v) is 31.8. The molecule has 8 nitrogen and oxygen atoms in total. The Bertz CT molecular complexity index is 1340. The fourth-order valence-corrected chi connectivity index (χ4v) is 12.5. The van der Waals surface area contributed by atoms with Gasteiger partial charge in [-0.05, 0) is 177 Å². The molecule has 1 aromatic rings. The molecule has 1 saturated heterocycles. The summed E-state index contributed by atoms with van der Waals surface area (Å²) in [7, 11) is 0. The Hall–Kier alpha value is -1.93. The Kier molecular flexibility index (Phi) is 9.71. The summed E-state index contributed by atoms with van der Waals surface area (Å²) in [4.78, 5) is 40.0. The van der Waals surface area contributed by atoms with E-state index in [4.69, 9.17) is 14.4 Å². The van der Waals surface area contributed by atoms with Crippen molar-refractivity contribution < 1.29 is 24.0 Å². The highest BCUT2D eigenvalue weighted by molar-refractivity contribution is 5.75. The van der Waals surface area contributed by atoms with E-state index in [-0.39, 0.29) is 34.5 Å². The fraction of sp³-hybridized carbons (Fsp3) is 0.875. The van der Waals surface area contributed by atoms with Gasteiger partial charge in [-0.15, -0.1) is 5.10 Å². The Morgan fingerprint density at radius 2 is 1.56 bits per heavy atom.